The molecule has 2 aromatic carbocycles. The summed E-state index contributed by atoms with van der Waals surface area (Å²) in [6.07, 6.45) is 0.339. The van der Waals surface area contributed by atoms with Crippen LogP contribution in [0, 0.1) is 11.6 Å². The Balaban J connectivity index is 1.41. The van der Waals surface area contributed by atoms with Gasteiger partial charge in [0.15, 0.2) is 0 Å². The second-order valence-corrected chi connectivity index (χ2v) is 8.82. The maximum atomic E-state index is 13.5. The van der Waals surface area contributed by atoms with Crippen molar-refractivity contribution in [1.82, 2.24) is 14.7 Å². The molecule has 0 aromatic heterocycles. The fourth-order valence-electron chi connectivity index (χ4n) is 4.15. The van der Waals surface area contributed by atoms with Crippen LogP contribution in [0.4, 0.5) is 13.6 Å². The maximum absolute atomic E-state index is 13.5. The van der Waals surface area contributed by atoms with E-state index in [2.05, 4.69) is 4.90 Å². The predicted octanol–water partition coefficient (Wildman–Crippen LogP) is 3.76. The van der Waals surface area contributed by atoms with E-state index in [0.29, 0.717) is 45.7 Å². The number of halogens is 2. The largest absolute Gasteiger partial charge is 0.340 e. The van der Waals surface area contributed by atoms with E-state index < -0.39 is 0 Å². The number of rotatable bonds is 6. The van der Waals surface area contributed by atoms with E-state index in [1.807, 2.05) is 4.90 Å². The van der Waals surface area contributed by atoms with Gasteiger partial charge in [-0.15, -0.1) is 0 Å². The van der Waals surface area contributed by atoms with Gasteiger partial charge < -0.3 is 9.80 Å². The first-order chi connectivity index (χ1) is 15.0. The Morgan fingerprint density at radius 1 is 0.871 bits per heavy atom. The van der Waals surface area contributed by atoms with Crippen molar-refractivity contribution < 1.29 is 18.4 Å². The SMILES string of the molecule is O=C(CCN1CCSC1=O)N1CCN(C(c2ccc(F)cc2)c2ccc(F)cc2)CC1. The molecular formula is C23H25F2N3O2S. The molecule has 2 aliphatic rings. The Morgan fingerprint density at radius 2 is 1.42 bits per heavy atom. The number of hydrogen-bond donors (Lipinski definition) is 0. The van der Waals surface area contributed by atoms with E-state index in [9.17, 15) is 18.4 Å². The fourth-order valence-corrected chi connectivity index (χ4v) is 5.00. The lowest BCUT2D eigenvalue weighted by molar-refractivity contribution is -0.133. The van der Waals surface area contributed by atoms with Crippen LogP contribution >= 0.6 is 11.8 Å². The molecule has 0 spiro atoms. The predicted molar refractivity (Wildman–Crippen MR) is 117 cm³/mol. The molecule has 2 saturated heterocycles. The molecule has 2 aliphatic heterocycles. The van der Waals surface area contributed by atoms with Gasteiger partial charge in [-0.1, -0.05) is 36.0 Å². The molecule has 8 heteroatoms. The van der Waals surface area contributed by atoms with Gasteiger partial charge in [0.1, 0.15) is 11.6 Å². The molecule has 0 unspecified atom stereocenters. The number of thioether (sulfide) groups is 1. The molecule has 31 heavy (non-hydrogen) atoms. The van der Waals surface area contributed by atoms with Gasteiger partial charge in [0.25, 0.3) is 5.24 Å². The summed E-state index contributed by atoms with van der Waals surface area (Å²) >= 11 is 1.30. The zero-order valence-corrected chi connectivity index (χ0v) is 18.0. The Bertz CT molecular complexity index is 870. The molecule has 0 aliphatic carbocycles. The molecule has 2 aromatic rings. The van der Waals surface area contributed by atoms with Crippen LogP contribution < -0.4 is 0 Å². The number of carbonyl (C=O) groups is 2. The first-order valence-corrected chi connectivity index (χ1v) is 11.4. The third-order valence-electron chi connectivity index (χ3n) is 5.84. The van der Waals surface area contributed by atoms with Gasteiger partial charge in [-0.2, -0.15) is 0 Å². The van der Waals surface area contributed by atoms with Crippen LogP contribution in [0.1, 0.15) is 23.6 Å². The molecule has 0 saturated carbocycles. The van der Waals surface area contributed by atoms with Crippen molar-refractivity contribution in [3.63, 3.8) is 0 Å². The molecule has 2 amide bonds. The first-order valence-electron chi connectivity index (χ1n) is 10.5. The summed E-state index contributed by atoms with van der Waals surface area (Å²) < 4.78 is 26.9. The van der Waals surface area contributed by atoms with Crippen LogP contribution in [0.25, 0.3) is 0 Å². The number of hydrogen-bond acceptors (Lipinski definition) is 4. The summed E-state index contributed by atoms with van der Waals surface area (Å²) in [4.78, 5) is 30.2. The molecule has 2 heterocycles. The van der Waals surface area contributed by atoms with Gasteiger partial charge in [0.05, 0.1) is 6.04 Å². The molecule has 2 fully saturated rings. The lowest BCUT2D eigenvalue weighted by Gasteiger charge is -2.40. The Labute approximate surface area is 185 Å². The highest BCUT2D eigenvalue weighted by atomic mass is 32.2. The summed E-state index contributed by atoms with van der Waals surface area (Å²) in [6.45, 7) is 3.66. The quantitative estimate of drug-likeness (QED) is 0.679. The number of benzene rings is 2. The highest BCUT2D eigenvalue weighted by Gasteiger charge is 2.29. The average molecular weight is 446 g/mol. The molecular weight excluding hydrogens is 420 g/mol. The zero-order chi connectivity index (χ0) is 21.8. The molecule has 0 N–H and O–H groups in total. The van der Waals surface area contributed by atoms with Gasteiger partial charge >= 0.3 is 0 Å². The summed E-state index contributed by atoms with van der Waals surface area (Å²) in [7, 11) is 0. The van der Waals surface area contributed by atoms with Crippen molar-refractivity contribution >= 4 is 22.9 Å². The smallest absolute Gasteiger partial charge is 0.281 e. The molecule has 0 radical (unpaired) electrons. The highest BCUT2D eigenvalue weighted by molar-refractivity contribution is 8.13. The van der Waals surface area contributed by atoms with Crippen molar-refractivity contribution in [2.24, 2.45) is 0 Å². The lowest BCUT2D eigenvalue weighted by atomic mass is 9.96. The van der Waals surface area contributed by atoms with E-state index in [0.717, 1.165) is 16.9 Å². The Hall–Kier alpha value is -2.45. The number of amides is 2. The zero-order valence-electron chi connectivity index (χ0n) is 17.2. The van der Waals surface area contributed by atoms with Crippen LogP contribution in [0.5, 0.6) is 0 Å². The Morgan fingerprint density at radius 3 is 1.90 bits per heavy atom. The van der Waals surface area contributed by atoms with Crippen molar-refractivity contribution in [1.29, 1.82) is 0 Å². The molecule has 5 nitrogen and oxygen atoms in total. The minimum Gasteiger partial charge on any atom is -0.340 e. The second kappa shape index (κ2) is 9.78. The highest BCUT2D eigenvalue weighted by Crippen LogP contribution is 2.30. The topological polar surface area (TPSA) is 43.9 Å². The number of piperazine rings is 1. The number of nitrogens with zero attached hydrogens (tertiary/aromatic N) is 3. The van der Waals surface area contributed by atoms with Gasteiger partial charge in [-0.05, 0) is 35.4 Å². The van der Waals surface area contributed by atoms with Crippen LogP contribution in [-0.2, 0) is 4.79 Å². The summed E-state index contributed by atoms with van der Waals surface area (Å²) in [5.41, 5.74) is 1.86. The molecule has 164 valence electrons. The van der Waals surface area contributed by atoms with Crippen LogP contribution in [0.3, 0.4) is 0 Å². The van der Waals surface area contributed by atoms with Crippen LogP contribution in [0.15, 0.2) is 48.5 Å². The van der Waals surface area contributed by atoms with Crippen molar-refractivity contribution in [3.05, 3.63) is 71.3 Å². The third kappa shape index (κ3) is 5.25. The van der Waals surface area contributed by atoms with E-state index >= 15 is 0 Å². The average Bonchev–Trinajstić information content (AvgIpc) is 3.20. The van der Waals surface area contributed by atoms with Crippen molar-refractivity contribution in [2.45, 2.75) is 12.5 Å². The van der Waals surface area contributed by atoms with E-state index in [1.54, 1.807) is 29.2 Å². The van der Waals surface area contributed by atoms with Gasteiger partial charge in [0, 0.05) is 51.4 Å². The Kier molecular flexibility index (Phi) is 6.87. The summed E-state index contributed by atoms with van der Waals surface area (Å²) in [6, 6.07) is 12.6. The van der Waals surface area contributed by atoms with E-state index in [-0.39, 0.29) is 28.8 Å². The monoisotopic (exact) mass is 445 g/mol. The standard InChI is InChI=1S/C23H25F2N3O2S/c24-19-5-1-17(2-6-19)22(18-3-7-20(25)8-4-18)27-13-11-26(12-14-27)21(29)9-10-28-15-16-31-23(28)30/h1-8,22H,9-16H2. The third-order valence-corrected chi connectivity index (χ3v) is 6.74. The van der Waals surface area contributed by atoms with Gasteiger partial charge in [0.2, 0.25) is 5.91 Å². The summed E-state index contributed by atoms with van der Waals surface area (Å²) in [5, 5.41) is 0.0547. The normalized spacial score (nSPS) is 17.6. The molecule has 0 bridgehead atoms. The second-order valence-electron chi connectivity index (χ2n) is 7.77. The minimum atomic E-state index is -0.299. The molecule has 0 atom stereocenters. The van der Waals surface area contributed by atoms with Gasteiger partial charge in [-0.25, -0.2) is 8.78 Å². The van der Waals surface area contributed by atoms with Gasteiger partial charge in [-0.3, -0.25) is 14.5 Å². The molecule has 4 rings (SSSR count). The number of carbonyl (C=O) groups excluding carboxylic acids is 2. The van der Waals surface area contributed by atoms with E-state index in [1.165, 1.54) is 36.0 Å². The van der Waals surface area contributed by atoms with Crippen LogP contribution in [-0.4, -0.2) is 70.9 Å². The van der Waals surface area contributed by atoms with E-state index in [4.69, 9.17) is 0 Å². The maximum Gasteiger partial charge on any atom is 0.281 e. The minimum absolute atomic E-state index is 0.0547. The lowest BCUT2D eigenvalue weighted by Crippen LogP contribution is -2.50. The summed E-state index contributed by atoms with van der Waals surface area (Å²) in [5.74, 6) is 0.253. The van der Waals surface area contributed by atoms with Crippen molar-refractivity contribution in [2.75, 3.05) is 45.0 Å². The fraction of sp³-hybridized carbons (Fsp3) is 0.391. The first kappa shape index (κ1) is 21.8. The van der Waals surface area contributed by atoms with Crippen LogP contribution in [0.2, 0.25) is 0 Å². The van der Waals surface area contributed by atoms with Crippen molar-refractivity contribution in [3.8, 4) is 0 Å².